The van der Waals surface area contributed by atoms with Crippen molar-refractivity contribution >= 4 is 5.97 Å². The van der Waals surface area contributed by atoms with Crippen molar-refractivity contribution in [3.05, 3.63) is 23.7 Å². The summed E-state index contributed by atoms with van der Waals surface area (Å²) in [5.74, 6) is -7.84. The molecule has 1 N–H and O–H groups in total. The number of carboxylic acid groups (broad SMARTS) is 1. The fourth-order valence-corrected chi connectivity index (χ4v) is 1.61. The van der Waals surface area contributed by atoms with Crippen LogP contribution in [0.5, 0.6) is 0 Å². The summed E-state index contributed by atoms with van der Waals surface area (Å²) < 4.78 is 66.7. The van der Waals surface area contributed by atoms with Crippen LogP contribution in [0.2, 0.25) is 0 Å². The van der Waals surface area contributed by atoms with Crippen molar-refractivity contribution < 1.29 is 36.3 Å². The van der Waals surface area contributed by atoms with Gasteiger partial charge in [0.15, 0.2) is 5.41 Å². The lowest BCUT2D eigenvalue weighted by atomic mass is 10.0. The minimum Gasteiger partial charge on any atom is -0.480 e. The van der Waals surface area contributed by atoms with Crippen molar-refractivity contribution in [3.63, 3.8) is 0 Å². The molecule has 1 aromatic rings. The zero-order valence-corrected chi connectivity index (χ0v) is 8.02. The van der Waals surface area contributed by atoms with E-state index in [1.54, 1.807) is 0 Å². The molecule has 1 aromatic heterocycles. The van der Waals surface area contributed by atoms with Crippen molar-refractivity contribution in [1.82, 2.24) is 0 Å². The molecule has 2 rings (SSSR count). The maximum Gasteiger partial charge on any atom is 0.449 e. The van der Waals surface area contributed by atoms with Gasteiger partial charge in [0.2, 0.25) is 5.76 Å². The lowest BCUT2D eigenvalue weighted by Crippen LogP contribution is -2.26. The van der Waals surface area contributed by atoms with Gasteiger partial charge in [-0.1, -0.05) is 0 Å². The highest BCUT2D eigenvalue weighted by Crippen LogP contribution is 2.62. The smallest absolute Gasteiger partial charge is 0.449 e. The van der Waals surface area contributed by atoms with E-state index in [1.165, 1.54) is 0 Å². The summed E-state index contributed by atoms with van der Waals surface area (Å²) in [4.78, 5) is 10.7. The van der Waals surface area contributed by atoms with Gasteiger partial charge in [0.1, 0.15) is 5.76 Å². The number of carboxylic acids is 1. The van der Waals surface area contributed by atoms with Gasteiger partial charge in [0.25, 0.3) is 5.92 Å². The Balaban J connectivity index is 2.42. The molecular weight excluding hydrogens is 251 g/mol. The van der Waals surface area contributed by atoms with Gasteiger partial charge < -0.3 is 9.52 Å². The van der Waals surface area contributed by atoms with Crippen LogP contribution in [0.3, 0.4) is 0 Å². The number of carbonyl (C=O) groups is 1. The molecule has 1 atom stereocenters. The summed E-state index contributed by atoms with van der Waals surface area (Å²) in [6, 6.07) is 1.06. The summed E-state index contributed by atoms with van der Waals surface area (Å²) >= 11 is 0. The van der Waals surface area contributed by atoms with Crippen molar-refractivity contribution in [2.75, 3.05) is 0 Å². The average molecular weight is 256 g/mol. The van der Waals surface area contributed by atoms with E-state index in [4.69, 9.17) is 5.11 Å². The van der Waals surface area contributed by atoms with Gasteiger partial charge in [0, 0.05) is 6.42 Å². The maximum absolute atomic E-state index is 13.0. The Kier molecular flexibility index (Phi) is 2.09. The highest BCUT2D eigenvalue weighted by atomic mass is 19.4. The van der Waals surface area contributed by atoms with Crippen molar-refractivity contribution in [3.8, 4) is 0 Å². The Morgan fingerprint density at radius 1 is 1.35 bits per heavy atom. The number of alkyl halides is 5. The van der Waals surface area contributed by atoms with Crippen LogP contribution in [0.25, 0.3) is 0 Å². The predicted octanol–water partition coefficient (Wildman–Crippen LogP) is 2.66. The fraction of sp³-hybridized carbons (Fsp3) is 0.444. The van der Waals surface area contributed by atoms with Gasteiger partial charge in [-0.15, -0.1) is 0 Å². The molecule has 0 aromatic carbocycles. The molecule has 1 aliphatic carbocycles. The molecule has 3 nitrogen and oxygen atoms in total. The Morgan fingerprint density at radius 3 is 2.18 bits per heavy atom. The van der Waals surface area contributed by atoms with E-state index in [0.717, 1.165) is 0 Å². The quantitative estimate of drug-likeness (QED) is 0.827. The monoisotopic (exact) mass is 256 g/mol. The Bertz CT molecular complexity index is 475. The molecule has 1 aliphatic rings. The maximum atomic E-state index is 13.0. The molecule has 0 saturated heterocycles. The van der Waals surface area contributed by atoms with Gasteiger partial charge in [-0.2, -0.15) is 13.2 Å². The molecular formula is C9H5F5O3. The SMILES string of the molecule is O=C(O)C1(c2ccc(C(F)(F)F)o2)CC1(F)F. The average Bonchev–Trinajstić information content (AvgIpc) is 2.61. The van der Waals surface area contributed by atoms with Crippen LogP contribution in [0.4, 0.5) is 22.0 Å². The van der Waals surface area contributed by atoms with Crippen LogP contribution >= 0.6 is 0 Å². The number of halogens is 5. The van der Waals surface area contributed by atoms with Gasteiger partial charge in [0.05, 0.1) is 0 Å². The number of aliphatic carboxylic acids is 1. The standard InChI is InChI=1S/C9H5F5O3/c10-8(11)3-7(8,6(15)16)4-1-2-5(17-4)9(12,13)14/h1-2H,3H2,(H,15,16). The summed E-state index contributed by atoms with van der Waals surface area (Å²) in [6.45, 7) is 0. The number of hydrogen-bond acceptors (Lipinski definition) is 2. The zero-order valence-electron chi connectivity index (χ0n) is 8.02. The molecule has 0 radical (unpaired) electrons. The number of furan rings is 1. The minimum atomic E-state index is -4.83. The van der Waals surface area contributed by atoms with E-state index in [-0.39, 0.29) is 0 Å². The second-order valence-electron chi connectivity index (χ2n) is 3.75. The summed E-state index contributed by atoms with van der Waals surface area (Å²) in [5, 5.41) is 8.68. The van der Waals surface area contributed by atoms with Crippen LogP contribution in [-0.4, -0.2) is 17.0 Å². The van der Waals surface area contributed by atoms with Gasteiger partial charge in [-0.25, -0.2) is 8.78 Å². The molecule has 1 unspecified atom stereocenters. The van der Waals surface area contributed by atoms with E-state index < -0.39 is 41.4 Å². The first-order valence-corrected chi connectivity index (χ1v) is 4.40. The highest BCUT2D eigenvalue weighted by Gasteiger charge is 2.79. The third kappa shape index (κ3) is 1.50. The normalized spacial score (nSPS) is 26.9. The van der Waals surface area contributed by atoms with Crippen LogP contribution in [0.1, 0.15) is 17.9 Å². The van der Waals surface area contributed by atoms with E-state index in [9.17, 15) is 26.7 Å². The second kappa shape index (κ2) is 2.99. The molecule has 1 saturated carbocycles. The van der Waals surface area contributed by atoms with Crippen LogP contribution < -0.4 is 0 Å². The molecule has 17 heavy (non-hydrogen) atoms. The molecule has 0 bridgehead atoms. The first kappa shape index (κ1) is 11.9. The van der Waals surface area contributed by atoms with Crippen molar-refractivity contribution in [1.29, 1.82) is 0 Å². The Labute approximate surface area is 90.8 Å². The summed E-state index contributed by atoms with van der Waals surface area (Å²) in [7, 11) is 0. The summed E-state index contributed by atoms with van der Waals surface area (Å²) in [5.41, 5.74) is -2.66. The van der Waals surface area contributed by atoms with Crippen LogP contribution in [-0.2, 0) is 16.4 Å². The first-order valence-electron chi connectivity index (χ1n) is 4.40. The van der Waals surface area contributed by atoms with Crippen LogP contribution in [0, 0.1) is 0 Å². The molecule has 94 valence electrons. The third-order valence-corrected chi connectivity index (χ3v) is 2.66. The molecule has 0 amide bonds. The van der Waals surface area contributed by atoms with Gasteiger partial charge in [-0.3, -0.25) is 4.79 Å². The molecule has 1 heterocycles. The van der Waals surface area contributed by atoms with E-state index in [0.29, 0.717) is 12.1 Å². The Hall–Kier alpha value is -1.60. The van der Waals surface area contributed by atoms with E-state index in [2.05, 4.69) is 4.42 Å². The molecule has 1 fully saturated rings. The molecule has 0 spiro atoms. The number of hydrogen-bond donors (Lipinski definition) is 1. The Morgan fingerprint density at radius 2 is 1.88 bits per heavy atom. The van der Waals surface area contributed by atoms with E-state index >= 15 is 0 Å². The van der Waals surface area contributed by atoms with Crippen LogP contribution in [0.15, 0.2) is 16.5 Å². The third-order valence-electron chi connectivity index (χ3n) is 2.66. The molecule has 0 aliphatic heterocycles. The zero-order chi connectivity index (χ0) is 13.1. The lowest BCUT2D eigenvalue weighted by molar-refractivity contribution is -0.155. The second-order valence-corrected chi connectivity index (χ2v) is 3.75. The van der Waals surface area contributed by atoms with E-state index in [1.807, 2.05) is 0 Å². The highest BCUT2D eigenvalue weighted by molar-refractivity contribution is 5.86. The topological polar surface area (TPSA) is 50.4 Å². The minimum absolute atomic E-state index is 0.439. The van der Waals surface area contributed by atoms with Crippen molar-refractivity contribution in [2.45, 2.75) is 23.9 Å². The number of rotatable bonds is 2. The fourth-order valence-electron chi connectivity index (χ4n) is 1.61. The predicted molar refractivity (Wildman–Crippen MR) is 42.6 cm³/mol. The van der Waals surface area contributed by atoms with Crippen molar-refractivity contribution in [2.24, 2.45) is 0 Å². The van der Waals surface area contributed by atoms with Gasteiger partial charge >= 0.3 is 12.1 Å². The largest absolute Gasteiger partial charge is 0.480 e. The molecule has 8 heteroatoms. The summed E-state index contributed by atoms with van der Waals surface area (Å²) in [6.07, 6.45) is -5.89. The van der Waals surface area contributed by atoms with Gasteiger partial charge in [-0.05, 0) is 12.1 Å². The lowest BCUT2D eigenvalue weighted by Gasteiger charge is -2.08. The first-order chi connectivity index (χ1) is 7.61.